The zero-order valence-electron chi connectivity index (χ0n) is 11.4. The Hall–Kier alpha value is -1.52. The first-order valence-corrected chi connectivity index (χ1v) is 7.64. The minimum Gasteiger partial charge on any atom is -0.376 e. The van der Waals surface area contributed by atoms with Gasteiger partial charge in [-0.05, 0) is 35.6 Å². The average Bonchev–Trinajstić information content (AvgIpc) is 2.90. The molecule has 1 aromatic carbocycles. The second-order valence-electron chi connectivity index (χ2n) is 4.94. The molecule has 1 amide bonds. The zero-order valence-corrected chi connectivity index (χ0v) is 13.0. The van der Waals surface area contributed by atoms with E-state index in [1.807, 2.05) is 11.4 Å². The summed E-state index contributed by atoms with van der Waals surface area (Å²) >= 11 is 7.90. The van der Waals surface area contributed by atoms with Crippen molar-refractivity contribution in [1.29, 1.82) is 0 Å². The Morgan fingerprint density at radius 2 is 2.10 bits per heavy atom. The SMILES string of the molecule is CC(C)C(Nc1cc(C(N)=O)ccc1Cl)c1cccs1. The van der Waals surface area contributed by atoms with Crippen LogP contribution in [0, 0.1) is 5.92 Å². The van der Waals surface area contributed by atoms with Gasteiger partial charge in [0.05, 0.1) is 16.8 Å². The van der Waals surface area contributed by atoms with Crippen molar-refractivity contribution in [2.45, 2.75) is 19.9 Å². The molecule has 2 aromatic rings. The highest BCUT2D eigenvalue weighted by atomic mass is 35.5. The highest BCUT2D eigenvalue weighted by molar-refractivity contribution is 7.10. The van der Waals surface area contributed by atoms with Crippen LogP contribution >= 0.6 is 22.9 Å². The average molecular weight is 309 g/mol. The molecule has 3 nitrogen and oxygen atoms in total. The molecule has 0 saturated carbocycles. The maximum atomic E-state index is 11.3. The Kier molecular flexibility index (Phi) is 4.68. The molecule has 0 saturated heterocycles. The number of benzene rings is 1. The first kappa shape index (κ1) is 14.9. The third-order valence-corrected chi connectivity index (χ3v) is 4.36. The fourth-order valence-corrected chi connectivity index (χ4v) is 3.11. The predicted octanol–water partition coefficient (Wildman–Crippen LogP) is 4.31. The molecule has 5 heteroatoms. The molecular weight excluding hydrogens is 292 g/mol. The van der Waals surface area contributed by atoms with Crippen molar-refractivity contribution < 1.29 is 4.79 Å². The number of thiophene rings is 1. The van der Waals surface area contributed by atoms with Crippen LogP contribution < -0.4 is 11.1 Å². The number of halogens is 1. The number of primary amides is 1. The zero-order chi connectivity index (χ0) is 14.7. The van der Waals surface area contributed by atoms with Crippen molar-refractivity contribution in [3.63, 3.8) is 0 Å². The molecule has 1 aromatic heterocycles. The Bertz CT molecular complexity index is 596. The largest absolute Gasteiger partial charge is 0.376 e. The van der Waals surface area contributed by atoms with E-state index in [-0.39, 0.29) is 6.04 Å². The summed E-state index contributed by atoms with van der Waals surface area (Å²) in [6.07, 6.45) is 0. The van der Waals surface area contributed by atoms with Crippen molar-refractivity contribution in [1.82, 2.24) is 0 Å². The van der Waals surface area contributed by atoms with E-state index in [1.165, 1.54) is 4.88 Å². The molecule has 2 rings (SSSR count). The summed E-state index contributed by atoms with van der Waals surface area (Å²) in [6.45, 7) is 4.28. The highest BCUT2D eigenvalue weighted by Crippen LogP contribution is 2.33. The lowest BCUT2D eigenvalue weighted by Gasteiger charge is -2.23. The molecule has 0 fully saturated rings. The van der Waals surface area contributed by atoms with E-state index >= 15 is 0 Å². The van der Waals surface area contributed by atoms with E-state index in [0.29, 0.717) is 16.5 Å². The molecule has 0 aliphatic rings. The number of hydrogen-bond donors (Lipinski definition) is 2. The molecule has 0 radical (unpaired) electrons. The van der Waals surface area contributed by atoms with Crippen molar-refractivity contribution in [2.75, 3.05) is 5.32 Å². The van der Waals surface area contributed by atoms with Crippen LogP contribution in [0.5, 0.6) is 0 Å². The van der Waals surface area contributed by atoms with E-state index in [0.717, 1.165) is 5.69 Å². The monoisotopic (exact) mass is 308 g/mol. The number of carbonyl (C=O) groups excluding carboxylic acids is 1. The van der Waals surface area contributed by atoms with Gasteiger partial charge in [0.1, 0.15) is 0 Å². The van der Waals surface area contributed by atoms with Crippen LogP contribution in [0.15, 0.2) is 35.7 Å². The molecule has 1 heterocycles. The van der Waals surface area contributed by atoms with Crippen LogP contribution in [0.3, 0.4) is 0 Å². The number of amides is 1. The summed E-state index contributed by atoms with van der Waals surface area (Å²) in [5, 5.41) is 6.05. The van der Waals surface area contributed by atoms with E-state index in [4.69, 9.17) is 17.3 Å². The van der Waals surface area contributed by atoms with Gasteiger partial charge in [-0.15, -0.1) is 11.3 Å². The number of rotatable bonds is 5. The highest BCUT2D eigenvalue weighted by Gasteiger charge is 2.18. The lowest BCUT2D eigenvalue weighted by molar-refractivity contribution is 0.100. The standard InChI is InChI=1S/C15H17ClN2OS/c1-9(2)14(13-4-3-7-20-13)18-12-8-10(15(17)19)5-6-11(12)16/h3-9,14,18H,1-2H3,(H2,17,19). The number of anilines is 1. The van der Waals surface area contributed by atoms with Gasteiger partial charge >= 0.3 is 0 Å². The van der Waals surface area contributed by atoms with Gasteiger partial charge in [0.2, 0.25) is 5.91 Å². The molecular formula is C15H17ClN2OS. The minimum atomic E-state index is -0.457. The molecule has 1 atom stereocenters. The van der Waals surface area contributed by atoms with Gasteiger partial charge in [0, 0.05) is 10.4 Å². The van der Waals surface area contributed by atoms with Gasteiger partial charge in [-0.2, -0.15) is 0 Å². The van der Waals surface area contributed by atoms with Crippen LogP contribution in [0.25, 0.3) is 0 Å². The first-order chi connectivity index (χ1) is 9.49. The third-order valence-electron chi connectivity index (χ3n) is 3.08. The summed E-state index contributed by atoms with van der Waals surface area (Å²) < 4.78 is 0. The Morgan fingerprint density at radius 1 is 1.35 bits per heavy atom. The van der Waals surface area contributed by atoms with Crippen LogP contribution in [0.4, 0.5) is 5.69 Å². The number of carbonyl (C=O) groups is 1. The Labute approximate surface area is 127 Å². The maximum Gasteiger partial charge on any atom is 0.248 e. The van der Waals surface area contributed by atoms with Gasteiger partial charge in [0.25, 0.3) is 0 Å². The van der Waals surface area contributed by atoms with Crippen LogP contribution in [-0.2, 0) is 0 Å². The summed E-state index contributed by atoms with van der Waals surface area (Å²) in [4.78, 5) is 12.5. The topological polar surface area (TPSA) is 55.1 Å². The number of hydrogen-bond acceptors (Lipinski definition) is 3. The maximum absolute atomic E-state index is 11.3. The molecule has 0 bridgehead atoms. The normalized spacial score (nSPS) is 12.4. The predicted molar refractivity (Wildman–Crippen MR) is 85.5 cm³/mol. The quantitative estimate of drug-likeness (QED) is 0.864. The van der Waals surface area contributed by atoms with Crippen molar-refractivity contribution >= 4 is 34.5 Å². The number of nitrogens with two attached hydrogens (primary N) is 1. The smallest absolute Gasteiger partial charge is 0.248 e. The van der Waals surface area contributed by atoms with E-state index in [9.17, 15) is 4.79 Å². The van der Waals surface area contributed by atoms with E-state index in [2.05, 4.69) is 25.2 Å². The van der Waals surface area contributed by atoms with Gasteiger partial charge in [0.15, 0.2) is 0 Å². The molecule has 0 aliphatic carbocycles. The molecule has 106 valence electrons. The van der Waals surface area contributed by atoms with Gasteiger partial charge in [-0.3, -0.25) is 4.79 Å². The second-order valence-corrected chi connectivity index (χ2v) is 6.33. The van der Waals surface area contributed by atoms with E-state index < -0.39 is 5.91 Å². The fraction of sp³-hybridized carbons (Fsp3) is 0.267. The van der Waals surface area contributed by atoms with Crippen molar-refractivity contribution in [3.8, 4) is 0 Å². The third kappa shape index (κ3) is 3.32. The molecule has 0 spiro atoms. The second kappa shape index (κ2) is 6.29. The lowest BCUT2D eigenvalue weighted by Crippen LogP contribution is -2.17. The minimum absolute atomic E-state index is 0.149. The Balaban J connectivity index is 2.31. The van der Waals surface area contributed by atoms with E-state index in [1.54, 1.807) is 29.5 Å². The van der Waals surface area contributed by atoms with Gasteiger partial charge < -0.3 is 11.1 Å². The molecule has 20 heavy (non-hydrogen) atoms. The number of nitrogens with one attached hydrogen (secondary N) is 1. The summed E-state index contributed by atoms with van der Waals surface area (Å²) in [7, 11) is 0. The molecule has 3 N–H and O–H groups in total. The van der Waals surface area contributed by atoms with Crippen LogP contribution in [0.1, 0.15) is 35.1 Å². The fourth-order valence-electron chi connectivity index (χ4n) is 1.99. The summed E-state index contributed by atoms with van der Waals surface area (Å²) in [5.41, 5.74) is 6.49. The summed E-state index contributed by atoms with van der Waals surface area (Å²) in [5.74, 6) is -0.0658. The Morgan fingerprint density at radius 3 is 2.65 bits per heavy atom. The first-order valence-electron chi connectivity index (χ1n) is 6.38. The van der Waals surface area contributed by atoms with Crippen molar-refractivity contribution in [3.05, 3.63) is 51.2 Å². The van der Waals surface area contributed by atoms with Crippen molar-refractivity contribution in [2.24, 2.45) is 11.7 Å². The lowest BCUT2D eigenvalue weighted by atomic mass is 10.0. The van der Waals surface area contributed by atoms with Crippen LogP contribution in [-0.4, -0.2) is 5.91 Å². The molecule has 1 unspecified atom stereocenters. The molecule has 0 aliphatic heterocycles. The van der Waals surface area contributed by atoms with Gasteiger partial charge in [-0.25, -0.2) is 0 Å². The van der Waals surface area contributed by atoms with Gasteiger partial charge in [-0.1, -0.05) is 31.5 Å². The summed E-state index contributed by atoms with van der Waals surface area (Å²) in [6, 6.07) is 9.29. The van der Waals surface area contributed by atoms with Crippen LogP contribution in [0.2, 0.25) is 5.02 Å².